The van der Waals surface area contributed by atoms with Crippen molar-refractivity contribution in [2.75, 3.05) is 11.9 Å². The number of aromatic nitrogens is 1. The number of nitrogens with one attached hydrogen (secondary N) is 1. The summed E-state index contributed by atoms with van der Waals surface area (Å²) in [4.78, 5) is 15.2. The van der Waals surface area contributed by atoms with Gasteiger partial charge >= 0.3 is 6.18 Å². The Morgan fingerprint density at radius 2 is 1.70 bits per heavy atom. The maximum atomic E-state index is 12.7. The van der Waals surface area contributed by atoms with E-state index < -0.39 is 17.8 Å². The molecule has 0 radical (unpaired) electrons. The number of amides is 1. The van der Waals surface area contributed by atoms with Crippen molar-refractivity contribution < 1.29 is 22.7 Å². The highest BCUT2D eigenvalue weighted by Gasteiger charge is 2.32. The summed E-state index contributed by atoms with van der Waals surface area (Å²) in [5, 5.41) is 2.37. The first kappa shape index (κ1) is 18.4. The van der Waals surface area contributed by atoms with Gasteiger partial charge < -0.3 is 10.1 Å². The number of hydrogen-bond donors (Lipinski definition) is 1. The lowest BCUT2D eigenvalue weighted by atomic mass is 10.1. The Balaban J connectivity index is 1.62. The normalized spacial score (nSPS) is 11.1. The highest BCUT2D eigenvalue weighted by molar-refractivity contribution is 5.91. The van der Waals surface area contributed by atoms with Gasteiger partial charge in [0.2, 0.25) is 0 Å². The van der Waals surface area contributed by atoms with Crippen molar-refractivity contribution in [3.05, 3.63) is 78.6 Å². The van der Waals surface area contributed by atoms with Crippen molar-refractivity contribution in [1.29, 1.82) is 0 Å². The molecule has 2 aromatic carbocycles. The van der Waals surface area contributed by atoms with Crippen molar-refractivity contribution >= 4 is 11.6 Å². The van der Waals surface area contributed by atoms with Gasteiger partial charge in [-0.2, -0.15) is 13.2 Å². The number of halogens is 3. The van der Waals surface area contributed by atoms with Gasteiger partial charge in [0, 0.05) is 11.9 Å². The summed E-state index contributed by atoms with van der Waals surface area (Å²) in [5.74, 6) is -0.0864. The van der Waals surface area contributed by atoms with Crippen LogP contribution in [0.25, 0.3) is 11.1 Å². The number of nitrogens with zero attached hydrogens (tertiary/aromatic N) is 1. The summed E-state index contributed by atoms with van der Waals surface area (Å²) in [7, 11) is 0. The van der Waals surface area contributed by atoms with E-state index >= 15 is 0 Å². The van der Waals surface area contributed by atoms with E-state index in [0.717, 1.165) is 23.4 Å². The average Bonchev–Trinajstić information content (AvgIpc) is 2.67. The highest BCUT2D eigenvalue weighted by Crippen LogP contribution is 2.29. The number of rotatable bonds is 5. The molecule has 138 valence electrons. The largest absolute Gasteiger partial charge is 0.484 e. The van der Waals surface area contributed by atoms with E-state index in [1.807, 2.05) is 36.4 Å². The zero-order chi connectivity index (χ0) is 19.3. The highest BCUT2D eigenvalue weighted by atomic mass is 19.4. The van der Waals surface area contributed by atoms with Crippen LogP contribution in [0.2, 0.25) is 0 Å². The molecule has 0 saturated heterocycles. The molecular formula is C20H15F3N2O2. The monoisotopic (exact) mass is 372 g/mol. The summed E-state index contributed by atoms with van der Waals surface area (Å²) in [6.07, 6.45) is -3.59. The number of hydrogen-bond acceptors (Lipinski definition) is 3. The van der Waals surface area contributed by atoms with Gasteiger partial charge in [0.15, 0.2) is 6.61 Å². The van der Waals surface area contributed by atoms with E-state index in [1.165, 1.54) is 6.07 Å². The van der Waals surface area contributed by atoms with E-state index in [0.29, 0.717) is 5.75 Å². The maximum absolute atomic E-state index is 12.7. The zero-order valence-electron chi connectivity index (χ0n) is 14.0. The fourth-order valence-electron chi connectivity index (χ4n) is 2.41. The molecule has 0 unspecified atom stereocenters. The molecular weight excluding hydrogens is 357 g/mol. The minimum Gasteiger partial charge on any atom is -0.484 e. The van der Waals surface area contributed by atoms with E-state index in [4.69, 9.17) is 4.74 Å². The van der Waals surface area contributed by atoms with Crippen molar-refractivity contribution in [2.45, 2.75) is 6.18 Å². The standard InChI is InChI=1S/C20H15F3N2O2/c21-20(22,23)18-12-16(9-10-24-18)25-19(26)13-27-17-8-4-7-15(11-17)14-5-2-1-3-6-14/h1-12H,13H2,(H,24,25,26). The summed E-state index contributed by atoms with van der Waals surface area (Å²) in [6, 6.07) is 18.9. The number of anilines is 1. The molecule has 4 nitrogen and oxygen atoms in total. The Labute approximate surface area is 153 Å². The van der Waals surface area contributed by atoms with Gasteiger partial charge in [0.05, 0.1) is 0 Å². The minimum absolute atomic E-state index is 0.00367. The Morgan fingerprint density at radius 3 is 2.44 bits per heavy atom. The Kier molecular flexibility index (Phi) is 5.40. The maximum Gasteiger partial charge on any atom is 0.433 e. The molecule has 0 atom stereocenters. The van der Waals surface area contributed by atoms with Crippen LogP contribution in [0.3, 0.4) is 0 Å². The third kappa shape index (κ3) is 5.07. The zero-order valence-corrected chi connectivity index (χ0v) is 14.0. The van der Waals surface area contributed by atoms with Crippen molar-refractivity contribution in [1.82, 2.24) is 4.98 Å². The second-order valence-electron chi connectivity index (χ2n) is 5.66. The molecule has 1 amide bonds. The number of carbonyl (C=O) groups is 1. The molecule has 0 bridgehead atoms. The molecule has 0 spiro atoms. The lowest BCUT2D eigenvalue weighted by Crippen LogP contribution is -2.20. The molecule has 1 heterocycles. The SMILES string of the molecule is O=C(COc1cccc(-c2ccccc2)c1)Nc1ccnc(C(F)(F)F)c1. The van der Waals surface area contributed by atoms with Crippen LogP contribution < -0.4 is 10.1 Å². The number of ether oxygens (including phenoxy) is 1. The molecule has 0 aliphatic rings. The number of carbonyl (C=O) groups excluding carboxylic acids is 1. The average molecular weight is 372 g/mol. The first-order valence-electron chi connectivity index (χ1n) is 8.03. The molecule has 0 saturated carbocycles. The van der Waals surface area contributed by atoms with Crippen LogP contribution in [0, 0.1) is 0 Å². The van der Waals surface area contributed by atoms with Gasteiger partial charge in [0.25, 0.3) is 5.91 Å². The number of benzene rings is 2. The molecule has 27 heavy (non-hydrogen) atoms. The van der Waals surface area contributed by atoms with Gasteiger partial charge in [-0.15, -0.1) is 0 Å². The van der Waals surface area contributed by atoms with Gasteiger partial charge in [-0.25, -0.2) is 0 Å². The first-order valence-corrected chi connectivity index (χ1v) is 8.03. The molecule has 3 rings (SSSR count). The van der Waals surface area contributed by atoms with Gasteiger partial charge in [0.1, 0.15) is 11.4 Å². The fraction of sp³-hybridized carbons (Fsp3) is 0.100. The molecule has 0 aliphatic heterocycles. The third-order valence-electron chi connectivity index (χ3n) is 3.65. The van der Waals surface area contributed by atoms with Crippen LogP contribution in [0.1, 0.15) is 5.69 Å². The van der Waals surface area contributed by atoms with Crippen LogP contribution >= 0.6 is 0 Å². The van der Waals surface area contributed by atoms with Gasteiger partial charge in [-0.05, 0) is 35.4 Å². The lowest BCUT2D eigenvalue weighted by Gasteiger charge is -2.10. The smallest absolute Gasteiger partial charge is 0.433 e. The quantitative estimate of drug-likeness (QED) is 0.701. The summed E-state index contributed by atoms with van der Waals surface area (Å²) >= 11 is 0. The Hall–Kier alpha value is -3.35. The molecule has 0 aliphatic carbocycles. The Morgan fingerprint density at radius 1 is 0.963 bits per heavy atom. The number of alkyl halides is 3. The predicted molar refractivity (Wildman–Crippen MR) is 95.2 cm³/mol. The van der Waals surface area contributed by atoms with Crippen molar-refractivity contribution in [3.8, 4) is 16.9 Å². The van der Waals surface area contributed by atoms with Crippen LogP contribution in [-0.2, 0) is 11.0 Å². The van der Waals surface area contributed by atoms with Crippen LogP contribution in [0.15, 0.2) is 72.9 Å². The summed E-state index contributed by atoms with van der Waals surface area (Å²) in [5.41, 5.74) is 0.863. The molecule has 1 N–H and O–H groups in total. The van der Waals surface area contributed by atoms with Gasteiger partial charge in [-0.1, -0.05) is 42.5 Å². The van der Waals surface area contributed by atoms with E-state index in [2.05, 4.69) is 10.3 Å². The summed E-state index contributed by atoms with van der Waals surface area (Å²) in [6.45, 7) is -0.331. The second kappa shape index (κ2) is 7.90. The summed E-state index contributed by atoms with van der Waals surface area (Å²) < 4.78 is 43.4. The predicted octanol–water partition coefficient (Wildman–Crippen LogP) is 4.78. The topological polar surface area (TPSA) is 51.2 Å². The van der Waals surface area contributed by atoms with Crippen LogP contribution in [0.5, 0.6) is 5.75 Å². The fourth-order valence-corrected chi connectivity index (χ4v) is 2.41. The van der Waals surface area contributed by atoms with Crippen molar-refractivity contribution in [3.63, 3.8) is 0 Å². The van der Waals surface area contributed by atoms with Crippen LogP contribution in [0.4, 0.5) is 18.9 Å². The second-order valence-corrected chi connectivity index (χ2v) is 5.66. The van der Waals surface area contributed by atoms with Crippen molar-refractivity contribution in [2.24, 2.45) is 0 Å². The molecule has 0 fully saturated rings. The minimum atomic E-state index is -4.57. The van der Waals surface area contributed by atoms with E-state index in [9.17, 15) is 18.0 Å². The van der Waals surface area contributed by atoms with E-state index in [1.54, 1.807) is 18.2 Å². The molecule has 1 aromatic heterocycles. The third-order valence-corrected chi connectivity index (χ3v) is 3.65. The van der Waals surface area contributed by atoms with Gasteiger partial charge in [-0.3, -0.25) is 9.78 Å². The van der Waals surface area contributed by atoms with E-state index in [-0.39, 0.29) is 12.3 Å². The molecule has 3 aromatic rings. The lowest BCUT2D eigenvalue weighted by molar-refractivity contribution is -0.141. The molecule has 7 heteroatoms. The first-order chi connectivity index (χ1) is 12.9. The Bertz CT molecular complexity index is 928. The van der Waals surface area contributed by atoms with Crippen LogP contribution in [-0.4, -0.2) is 17.5 Å². The number of pyridine rings is 1.